The lowest BCUT2D eigenvalue weighted by Gasteiger charge is -2.08. The SMILES string of the molecule is NC(=S)c1cnc(Oc2ccccc2CO)cn1. The first-order valence-corrected chi connectivity index (χ1v) is 5.60. The maximum absolute atomic E-state index is 9.16. The highest BCUT2D eigenvalue weighted by molar-refractivity contribution is 7.80. The van der Waals surface area contributed by atoms with E-state index in [1.54, 1.807) is 12.1 Å². The molecule has 0 fully saturated rings. The zero-order chi connectivity index (χ0) is 13.0. The molecule has 0 radical (unpaired) electrons. The highest BCUT2D eigenvalue weighted by Gasteiger charge is 2.05. The molecular formula is C12H11N3O2S. The molecule has 92 valence electrons. The van der Waals surface area contributed by atoms with E-state index in [0.717, 1.165) is 0 Å². The Morgan fingerprint density at radius 1 is 1.28 bits per heavy atom. The maximum atomic E-state index is 9.16. The normalized spacial score (nSPS) is 10.1. The fraction of sp³-hybridized carbons (Fsp3) is 0.0833. The molecule has 0 saturated heterocycles. The van der Waals surface area contributed by atoms with Gasteiger partial charge in [-0.05, 0) is 6.07 Å². The Bertz CT molecular complexity index is 558. The summed E-state index contributed by atoms with van der Waals surface area (Å²) in [6.45, 7) is -0.103. The van der Waals surface area contributed by atoms with Crippen molar-refractivity contribution < 1.29 is 9.84 Å². The first kappa shape index (κ1) is 12.4. The van der Waals surface area contributed by atoms with E-state index < -0.39 is 0 Å². The zero-order valence-electron chi connectivity index (χ0n) is 9.41. The Morgan fingerprint density at radius 2 is 2.06 bits per heavy atom. The van der Waals surface area contributed by atoms with Crippen LogP contribution in [0.3, 0.4) is 0 Å². The number of nitrogens with two attached hydrogens (primary N) is 1. The first-order chi connectivity index (χ1) is 8.70. The second-order valence-corrected chi connectivity index (χ2v) is 3.91. The average molecular weight is 261 g/mol. The number of thiocarbonyl (C=S) groups is 1. The van der Waals surface area contributed by atoms with Crippen molar-refractivity contribution >= 4 is 17.2 Å². The third kappa shape index (κ3) is 2.79. The number of ether oxygens (including phenoxy) is 1. The van der Waals surface area contributed by atoms with Gasteiger partial charge in [0.25, 0.3) is 0 Å². The van der Waals surface area contributed by atoms with Gasteiger partial charge in [-0.1, -0.05) is 30.4 Å². The Morgan fingerprint density at radius 3 is 2.67 bits per heavy atom. The van der Waals surface area contributed by atoms with Crippen molar-refractivity contribution in [1.82, 2.24) is 9.97 Å². The Hall–Kier alpha value is -2.05. The van der Waals surface area contributed by atoms with Gasteiger partial charge in [0.05, 0.1) is 19.0 Å². The molecule has 1 heterocycles. The van der Waals surface area contributed by atoms with Crippen LogP contribution in [-0.4, -0.2) is 20.1 Å². The lowest BCUT2D eigenvalue weighted by Crippen LogP contribution is -2.11. The van der Waals surface area contributed by atoms with Crippen molar-refractivity contribution in [2.24, 2.45) is 5.73 Å². The lowest BCUT2D eigenvalue weighted by molar-refractivity contribution is 0.276. The predicted octanol–water partition coefficient (Wildman–Crippen LogP) is 1.40. The number of nitrogens with zero attached hydrogens (tertiary/aromatic N) is 2. The van der Waals surface area contributed by atoms with Gasteiger partial charge in [-0.2, -0.15) is 0 Å². The van der Waals surface area contributed by atoms with Crippen molar-refractivity contribution in [2.75, 3.05) is 0 Å². The summed E-state index contributed by atoms with van der Waals surface area (Å²) in [7, 11) is 0. The van der Waals surface area contributed by atoms with E-state index >= 15 is 0 Å². The van der Waals surface area contributed by atoms with E-state index in [9.17, 15) is 0 Å². The molecule has 5 nitrogen and oxygen atoms in total. The maximum Gasteiger partial charge on any atom is 0.237 e. The van der Waals surface area contributed by atoms with Crippen LogP contribution in [0.5, 0.6) is 11.6 Å². The van der Waals surface area contributed by atoms with E-state index in [4.69, 9.17) is 27.8 Å². The third-order valence-electron chi connectivity index (χ3n) is 2.24. The van der Waals surface area contributed by atoms with Gasteiger partial charge in [-0.25, -0.2) is 9.97 Å². The van der Waals surface area contributed by atoms with Crippen molar-refractivity contribution in [3.05, 3.63) is 47.9 Å². The number of aliphatic hydroxyl groups excluding tert-OH is 1. The lowest BCUT2D eigenvalue weighted by atomic mass is 10.2. The van der Waals surface area contributed by atoms with E-state index in [2.05, 4.69) is 9.97 Å². The smallest absolute Gasteiger partial charge is 0.237 e. The molecule has 0 spiro atoms. The van der Waals surface area contributed by atoms with Crippen LogP contribution in [0.2, 0.25) is 0 Å². The second-order valence-electron chi connectivity index (χ2n) is 3.47. The molecule has 0 saturated carbocycles. The molecule has 0 amide bonds. The molecule has 0 bridgehead atoms. The fourth-order valence-corrected chi connectivity index (χ4v) is 1.45. The van der Waals surface area contributed by atoms with Gasteiger partial charge >= 0.3 is 0 Å². The van der Waals surface area contributed by atoms with Crippen molar-refractivity contribution in [2.45, 2.75) is 6.61 Å². The predicted molar refractivity (Wildman–Crippen MR) is 70.4 cm³/mol. The number of para-hydroxylation sites is 1. The minimum Gasteiger partial charge on any atom is -0.437 e. The van der Waals surface area contributed by atoms with Crippen LogP contribution >= 0.6 is 12.2 Å². The highest BCUT2D eigenvalue weighted by atomic mass is 32.1. The van der Waals surface area contributed by atoms with E-state index in [1.165, 1.54) is 12.4 Å². The van der Waals surface area contributed by atoms with Crippen LogP contribution < -0.4 is 10.5 Å². The summed E-state index contributed by atoms with van der Waals surface area (Å²) >= 11 is 4.78. The number of aromatic nitrogens is 2. The summed E-state index contributed by atoms with van der Waals surface area (Å²) in [5.41, 5.74) is 6.53. The minimum absolute atomic E-state index is 0.103. The fourth-order valence-electron chi connectivity index (χ4n) is 1.34. The van der Waals surface area contributed by atoms with E-state index in [0.29, 0.717) is 22.9 Å². The molecule has 1 aromatic carbocycles. The van der Waals surface area contributed by atoms with Crippen LogP contribution in [0.4, 0.5) is 0 Å². The molecule has 1 aromatic heterocycles. The third-order valence-corrected chi connectivity index (χ3v) is 2.45. The summed E-state index contributed by atoms with van der Waals surface area (Å²) in [6.07, 6.45) is 2.88. The molecule has 2 rings (SSSR count). The molecule has 3 N–H and O–H groups in total. The molecule has 0 atom stereocenters. The van der Waals surface area contributed by atoms with Gasteiger partial charge in [-0.15, -0.1) is 0 Å². The van der Waals surface area contributed by atoms with E-state index in [1.807, 2.05) is 12.1 Å². The number of hydrogen-bond acceptors (Lipinski definition) is 5. The van der Waals surface area contributed by atoms with Gasteiger partial charge in [0.1, 0.15) is 16.4 Å². The largest absolute Gasteiger partial charge is 0.437 e. The zero-order valence-corrected chi connectivity index (χ0v) is 10.2. The summed E-state index contributed by atoms with van der Waals surface area (Å²) < 4.78 is 5.52. The summed E-state index contributed by atoms with van der Waals surface area (Å²) in [6, 6.07) is 7.15. The quantitative estimate of drug-likeness (QED) is 0.810. The molecule has 0 aliphatic carbocycles. The topological polar surface area (TPSA) is 81.3 Å². The van der Waals surface area contributed by atoms with Crippen LogP contribution in [0.15, 0.2) is 36.7 Å². The summed E-state index contributed by atoms with van der Waals surface area (Å²) in [4.78, 5) is 8.24. The Labute approximate surface area is 109 Å². The summed E-state index contributed by atoms with van der Waals surface area (Å²) in [5.74, 6) is 0.855. The van der Waals surface area contributed by atoms with Crippen LogP contribution in [-0.2, 0) is 6.61 Å². The average Bonchev–Trinajstić information content (AvgIpc) is 2.40. The summed E-state index contributed by atoms with van der Waals surface area (Å²) in [5, 5.41) is 9.16. The second kappa shape index (κ2) is 5.52. The first-order valence-electron chi connectivity index (χ1n) is 5.19. The van der Waals surface area contributed by atoms with Crippen LogP contribution in [0.1, 0.15) is 11.3 Å². The number of hydrogen-bond donors (Lipinski definition) is 2. The molecule has 2 aromatic rings. The van der Waals surface area contributed by atoms with Gasteiger partial charge < -0.3 is 15.6 Å². The monoisotopic (exact) mass is 261 g/mol. The Kier molecular flexibility index (Phi) is 3.81. The molecule has 0 aliphatic heterocycles. The van der Waals surface area contributed by atoms with Gasteiger partial charge in [-0.3, -0.25) is 0 Å². The molecule has 0 aliphatic rings. The molecule has 6 heteroatoms. The molecule has 0 unspecified atom stereocenters. The number of aliphatic hydroxyl groups is 1. The van der Waals surface area contributed by atoms with Gasteiger partial charge in [0.15, 0.2) is 0 Å². The van der Waals surface area contributed by atoms with Gasteiger partial charge in [0, 0.05) is 5.56 Å². The van der Waals surface area contributed by atoms with Crippen molar-refractivity contribution in [3.63, 3.8) is 0 Å². The van der Waals surface area contributed by atoms with Crippen LogP contribution in [0, 0.1) is 0 Å². The van der Waals surface area contributed by atoms with Gasteiger partial charge in [0.2, 0.25) is 5.88 Å². The van der Waals surface area contributed by atoms with E-state index in [-0.39, 0.29) is 11.6 Å². The number of rotatable bonds is 4. The molecular weight excluding hydrogens is 250 g/mol. The van der Waals surface area contributed by atoms with Crippen molar-refractivity contribution in [1.29, 1.82) is 0 Å². The van der Waals surface area contributed by atoms with Crippen LogP contribution in [0.25, 0.3) is 0 Å². The van der Waals surface area contributed by atoms with Crippen molar-refractivity contribution in [3.8, 4) is 11.6 Å². The minimum atomic E-state index is -0.103. The highest BCUT2D eigenvalue weighted by Crippen LogP contribution is 2.23. The Balaban J connectivity index is 2.21. The standard InChI is InChI=1S/C12H11N3O2S/c13-12(18)9-5-15-11(6-14-9)17-10-4-2-1-3-8(10)7-16/h1-6,16H,7H2,(H2,13,18). The number of benzene rings is 1. The molecule has 18 heavy (non-hydrogen) atoms.